The highest BCUT2D eigenvalue weighted by molar-refractivity contribution is 8.13. The van der Waals surface area contributed by atoms with E-state index in [-0.39, 0.29) is 0 Å². The first-order valence-electron chi connectivity index (χ1n) is 6.20. The van der Waals surface area contributed by atoms with Gasteiger partial charge in [0.05, 0.1) is 17.8 Å². The van der Waals surface area contributed by atoms with Crippen molar-refractivity contribution in [3.8, 4) is 0 Å². The lowest BCUT2D eigenvalue weighted by molar-refractivity contribution is 0.385. The lowest BCUT2D eigenvalue weighted by Gasteiger charge is -2.23. The number of nitrogens with one attached hydrogen (secondary N) is 1. The molecule has 1 N–H and O–H groups in total. The minimum absolute atomic E-state index is 0.519. The fraction of sp³-hybridized carbons (Fsp3) is 0.667. The second kappa shape index (κ2) is 4.72. The summed E-state index contributed by atoms with van der Waals surface area (Å²) in [6, 6.07) is 3.09. The Morgan fingerprint density at radius 3 is 3.12 bits per heavy atom. The predicted molar refractivity (Wildman–Crippen MR) is 69.1 cm³/mol. The Balaban J connectivity index is 1.56. The Hall–Kier alpha value is -0.970. The summed E-state index contributed by atoms with van der Waals surface area (Å²) in [5, 5.41) is 8.60. The zero-order valence-corrected chi connectivity index (χ0v) is 10.8. The number of amidine groups is 1. The Morgan fingerprint density at radius 2 is 2.35 bits per heavy atom. The van der Waals surface area contributed by atoms with E-state index in [2.05, 4.69) is 10.5 Å². The van der Waals surface area contributed by atoms with Crippen molar-refractivity contribution in [2.75, 3.05) is 0 Å². The lowest BCUT2D eigenvalue weighted by Crippen LogP contribution is -2.36. The van der Waals surface area contributed by atoms with E-state index in [0.29, 0.717) is 12.1 Å². The summed E-state index contributed by atoms with van der Waals surface area (Å²) in [7, 11) is 0. The van der Waals surface area contributed by atoms with Crippen LogP contribution in [0.15, 0.2) is 15.6 Å². The van der Waals surface area contributed by atoms with E-state index < -0.39 is 0 Å². The van der Waals surface area contributed by atoms with Crippen molar-refractivity contribution >= 4 is 16.9 Å². The molecule has 0 aromatic carbocycles. The Labute approximate surface area is 105 Å². The van der Waals surface area contributed by atoms with Crippen LogP contribution in [0.25, 0.3) is 0 Å². The molecule has 1 fully saturated rings. The van der Waals surface area contributed by atoms with Crippen molar-refractivity contribution in [2.45, 2.75) is 50.4 Å². The highest BCUT2D eigenvalue weighted by atomic mass is 32.2. The maximum atomic E-state index is 5.05. The van der Waals surface area contributed by atoms with Crippen LogP contribution in [0.4, 0.5) is 0 Å². The summed E-state index contributed by atoms with van der Waals surface area (Å²) in [5.41, 5.74) is 0.992. The molecule has 0 bridgehead atoms. The quantitative estimate of drug-likeness (QED) is 0.877. The summed E-state index contributed by atoms with van der Waals surface area (Å²) in [6.07, 6.45) is 5.17. The third kappa shape index (κ3) is 2.49. The zero-order valence-electron chi connectivity index (χ0n) is 9.98. The molecule has 1 aliphatic carbocycles. The number of aromatic nitrogens is 1. The average molecular weight is 251 g/mol. The number of nitrogens with zero attached hydrogens (tertiary/aromatic N) is 2. The Morgan fingerprint density at radius 1 is 1.47 bits per heavy atom. The molecule has 1 saturated carbocycles. The van der Waals surface area contributed by atoms with Crippen molar-refractivity contribution in [3.05, 3.63) is 17.5 Å². The molecule has 0 amide bonds. The molecule has 0 spiro atoms. The van der Waals surface area contributed by atoms with Crippen LogP contribution >= 0.6 is 11.8 Å². The maximum absolute atomic E-state index is 5.05. The molecule has 5 heteroatoms. The standard InChI is InChI=1S/C12H17N3OS/c1-8-6-9(15-16-8)7-17-12-13-10-4-2-3-5-11(10)14-12/h6,10-11H,2-5,7H2,1H3,(H,13,14)/t10-,11-/m1/s1. The van der Waals surface area contributed by atoms with Gasteiger partial charge in [-0.15, -0.1) is 0 Å². The summed E-state index contributed by atoms with van der Waals surface area (Å²) in [4.78, 5) is 4.74. The molecule has 0 saturated heterocycles. The maximum Gasteiger partial charge on any atom is 0.157 e. The minimum Gasteiger partial charge on any atom is -0.361 e. The Bertz CT molecular complexity index is 429. The molecule has 3 rings (SSSR count). The van der Waals surface area contributed by atoms with Gasteiger partial charge in [-0.3, -0.25) is 4.99 Å². The van der Waals surface area contributed by atoms with Crippen LogP contribution in [0, 0.1) is 6.92 Å². The van der Waals surface area contributed by atoms with E-state index in [1.807, 2.05) is 13.0 Å². The Kier molecular flexibility index (Phi) is 3.09. The fourth-order valence-corrected chi connectivity index (χ4v) is 3.35. The van der Waals surface area contributed by atoms with Crippen molar-refractivity contribution in [3.63, 3.8) is 0 Å². The van der Waals surface area contributed by atoms with Crippen LogP contribution in [0.3, 0.4) is 0 Å². The van der Waals surface area contributed by atoms with E-state index >= 15 is 0 Å². The molecule has 2 aliphatic rings. The molecule has 0 unspecified atom stereocenters. The van der Waals surface area contributed by atoms with E-state index in [1.54, 1.807) is 11.8 Å². The smallest absolute Gasteiger partial charge is 0.157 e. The van der Waals surface area contributed by atoms with Crippen molar-refractivity contribution < 1.29 is 4.52 Å². The van der Waals surface area contributed by atoms with Gasteiger partial charge >= 0.3 is 0 Å². The van der Waals surface area contributed by atoms with Crippen LogP contribution in [-0.2, 0) is 5.75 Å². The van der Waals surface area contributed by atoms with Gasteiger partial charge in [0.1, 0.15) is 5.76 Å². The molecular formula is C12H17N3OS. The molecule has 92 valence electrons. The van der Waals surface area contributed by atoms with Crippen molar-refractivity contribution in [2.24, 2.45) is 4.99 Å². The molecule has 0 radical (unpaired) electrons. The number of hydrogen-bond donors (Lipinski definition) is 1. The second-order valence-corrected chi connectivity index (χ2v) is 5.72. The van der Waals surface area contributed by atoms with Gasteiger partial charge in [-0.05, 0) is 19.8 Å². The third-order valence-electron chi connectivity index (χ3n) is 3.35. The average Bonchev–Trinajstić information content (AvgIpc) is 2.91. The van der Waals surface area contributed by atoms with Crippen LogP contribution < -0.4 is 5.32 Å². The number of aryl methyl sites for hydroxylation is 1. The van der Waals surface area contributed by atoms with Gasteiger partial charge in [-0.1, -0.05) is 29.8 Å². The van der Waals surface area contributed by atoms with Crippen molar-refractivity contribution in [1.82, 2.24) is 10.5 Å². The second-order valence-electron chi connectivity index (χ2n) is 4.75. The monoisotopic (exact) mass is 251 g/mol. The van der Waals surface area contributed by atoms with Gasteiger partial charge in [-0.2, -0.15) is 0 Å². The summed E-state index contributed by atoms with van der Waals surface area (Å²) in [6.45, 7) is 1.92. The number of rotatable bonds is 2. The lowest BCUT2D eigenvalue weighted by atomic mass is 9.92. The molecule has 2 heterocycles. The van der Waals surface area contributed by atoms with Gasteiger partial charge in [0, 0.05) is 11.8 Å². The van der Waals surface area contributed by atoms with E-state index in [9.17, 15) is 0 Å². The zero-order chi connectivity index (χ0) is 11.7. The first kappa shape index (κ1) is 11.1. The summed E-state index contributed by atoms with van der Waals surface area (Å²) >= 11 is 1.73. The first-order chi connectivity index (χ1) is 8.31. The molecule has 1 aromatic heterocycles. The molecule has 4 nitrogen and oxygen atoms in total. The molecular weight excluding hydrogens is 234 g/mol. The minimum atomic E-state index is 0.519. The molecule has 1 aliphatic heterocycles. The number of fused-ring (bicyclic) bond motifs is 1. The van der Waals surface area contributed by atoms with E-state index in [1.165, 1.54) is 25.7 Å². The summed E-state index contributed by atoms with van der Waals surface area (Å²) in [5.74, 6) is 1.71. The van der Waals surface area contributed by atoms with Gasteiger partial charge in [-0.25, -0.2) is 0 Å². The van der Waals surface area contributed by atoms with Gasteiger partial charge < -0.3 is 9.84 Å². The normalized spacial score (nSPS) is 27.5. The third-order valence-corrected chi connectivity index (χ3v) is 4.29. The van der Waals surface area contributed by atoms with Gasteiger partial charge in [0.15, 0.2) is 5.17 Å². The van der Waals surface area contributed by atoms with Crippen LogP contribution in [-0.4, -0.2) is 22.4 Å². The SMILES string of the molecule is Cc1cc(CSC2=N[C@@H]3CCCC[C@H]3N2)no1. The first-order valence-corrected chi connectivity index (χ1v) is 7.19. The molecule has 1 aromatic rings. The van der Waals surface area contributed by atoms with Crippen LogP contribution in [0.1, 0.15) is 37.1 Å². The van der Waals surface area contributed by atoms with E-state index in [0.717, 1.165) is 22.4 Å². The molecule has 2 atom stereocenters. The number of hydrogen-bond acceptors (Lipinski definition) is 5. The predicted octanol–water partition coefficient (Wildman–Crippen LogP) is 2.49. The van der Waals surface area contributed by atoms with Gasteiger partial charge in [0.25, 0.3) is 0 Å². The topological polar surface area (TPSA) is 50.4 Å². The van der Waals surface area contributed by atoms with Crippen LogP contribution in [0.2, 0.25) is 0 Å². The van der Waals surface area contributed by atoms with E-state index in [4.69, 9.17) is 9.52 Å². The number of thioether (sulfide) groups is 1. The fourth-order valence-electron chi connectivity index (χ4n) is 2.49. The molecule has 17 heavy (non-hydrogen) atoms. The van der Waals surface area contributed by atoms with Gasteiger partial charge in [0.2, 0.25) is 0 Å². The number of aliphatic imine (C=N–C) groups is 1. The van der Waals surface area contributed by atoms with Crippen LogP contribution in [0.5, 0.6) is 0 Å². The van der Waals surface area contributed by atoms with Crippen molar-refractivity contribution in [1.29, 1.82) is 0 Å². The largest absolute Gasteiger partial charge is 0.361 e. The summed E-state index contributed by atoms with van der Waals surface area (Å²) < 4.78 is 5.05. The highest BCUT2D eigenvalue weighted by Gasteiger charge is 2.30. The highest BCUT2D eigenvalue weighted by Crippen LogP contribution is 2.27.